The summed E-state index contributed by atoms with van der Waals surface area (Å²) in [4.78, 5) is 34.8. The van der Waals surface area contributed by atoms with Gasteiger partial charge in [-0.1, -0.05) is 41.9 Å². The maximum Gasteiger partial charge on any atom is 0.407 e. The maximum atomic E-state index is 13.3. The molecular formula is C21H27BrN4O3. The summed E-state index contributed by atoms with van der Waals surface area (Å²) in [7, 11) is 1.30. The van der Waals surface area contributed by atoms with E-state index in [1.165, 1.54) is 7.11 Å². The van der Waals surface area contributed by atoms with E-state index in [1.807, 2.05) is 49.2 Å². The van der Waals surface area contributed by atoms with Gasteiger partial charge in [0.15, 0.2) is 0 Å². The Morgan fingerprint density at radius 1 is 1.28 bits per heavy atom. The summed E-state index contributed by atoms with van der Waals surface area (Å²) in [5, 5.41) is 2.68. The number of halogens is 1. The van der Waals surface area contributed by atoms with Crippen LogP contribution >= 0.6 is 15.9 Å². The Labute approximate surface area is 179 Å². The zero-order valence-electron chi connectivity index (χ0n) is 16.9. The molecule has 29 heavy (non-hydrogen) atoms. The highest BCUT2D eigenvalue weighted by Crippen LogP contribution is 2.32. The summed E-state index contributed by atoms with van der Waals surface area (Å²) in [6, 6.07) is 7.22. The summed E-state index contributed by atoms with van der Waals surface area (Å²) in [6.45, 7) is 4.47. The van der Waals surface area contributed by atoms with Crippen molar-refractivity contribution in [3.63, 3.8) is 0 Å². The minimum atomic E-state index is -0.635. The number of H-pyrrole nitrogens is 1. The number of nitrogens with zero attached hydrogens (tertiary/aromatic N) is 2. The first-order chi connectivity index (χ1) is 13.9. The van der Waals surface area contributed by atoms with Gasteiger partial charge >= 0.3 is 6.09 Å². The van der Waals surface area contributed by atoms with Gasteiger partial charge in [0.05, 0.1) is 25.0 Å². The van der Waals surface area contributed by atoms with E-state index < -0.39 is 12.1 Å². The zero-order chi connectivity index (χ0) is 21.0. The third-order valence-electron chi connectivity index (χ3n) is 5.24. The van der Waals surface area contributed by atoms with Crippen LogP contribution in [0.2, 0.25) is 0 Å². The molecule has 0 saturated carbocycles. The number of imidazole rings is 1. The fraction of sp³-hybridized carbons (Fsp3) is 0.476. The van der Waals surface area contributed by atoms with Crippen molar-refractivity contribution in [3.05, 3.63) is 40.8 Å². The van der Waals surface area contributed by atoms with Crippen molar-refractivity contribution in [1.82, 2.24) is 20.2 Å². The van der Waals surface area contributed by atoms with Crippen molar-refractivity contribution in [2.24, 2.45) is 5.92 Å². The molecule has 0 aliphatic carbocycles. The Morgan fingerprint density at radius 3 is 2.66 bits per heavy atom. The Hall–Kier alpha value is -2.35. The molecule has 1 fully saturated rings. The number of aromatic amines is 1. The Balaban J connectivity index is 1.83. The summed E-state index contributed by atoms with van der Waals surface area (Å²) in [6.07, 6.45) is 4.01. The van der Waals surface area contributed by atoms with Gasteiger partial charge in [-0.25, -0.2) is 9.78 Å². The smallest absolute Gasteiger partial charge is 0.407 e. The summed E-state index contributed by atoms with van der Waals surface area (Å²) in [5.74, 6) is 0.618. The number of carbonyl (C=O) groups excluding carboxylic acids is 2. The van der Waals surface area contributed by atoms with Gasteiger partial charge in [-0.15, -0.1) is 0 Å². The van der Waals surface area contributed by atoms with Gasteiger partial charge in [0, 0.05) is 11.0 Å². The van der Waals surface area contributed by atoms with Crippen LogP contribution in [0.4, 0.5) is 4.79 Å². The second kappa shape index (κ2) is 9.43. The molecule has 0 unspecified atom stereocenters. The van der Waals surface area contributed by atoms with Gasteiger partial charge in [0.1, 0.15) is 11.9 Å². The lowest BCUT2D eigenvalue weighted by molar-refractivity contribution is -0.138. The molecule has 156 valence electrons. The number of amides is 2. The fourth-order valence-corrected chi connectivity index (χ4v) is 3.90. The number of piperidine rings is 1. The second-order valence-corrected chi connectivity index (χ2v) is 8.51. The van der Waals surface area contributed by atoms with Crippen LogP contribution in [0.1, 0.15) is 45.0 Å². The summed E-state index contributed by atoms with van der Waals surface area (Å²) < 4.78 is 5.71. The average molecular weight is 463 g/mol. The number of methoxy groups -OCH3 is 1. The number of likely N-dealkylation sites (tertiary alicyclic amines) is 1. The van der Waals surface area contributed by atoms with Crippen molar-refractivity contribution >= 4 is 27.9 Å². The van der Waals surface area contributed by atoms with Crippen molar-refractivity contribution in [3.8, 4) is 11.3 Å². The number of hydrogen-bond donors (Lipinski definition) is 2. The molecule has 2 aromatic rings. The Morgan fingerprint density at radius 2 is 2.00 bits per heavy atom. The molecule has 1 aromatic heterocycles. The van der Waals surface area contributed by atoms with E-state index in [4.69, 9.17) is 4.74 Å². The number of carbonyl (C=O) groups is 2. The standard InChI is InChI=1S/C21H27BrN4O3/c1-13(2)18(25-21(28)29-3)20(27)26-11-5-4-6-17(26)19-23-12-16(24-19)14-7-9-15(22)10-8-14/h7-10,12-13,17-18H,4-6,11H2,1-3H3,(H,23,24)(H,25,28)/t17-,18-/m0/s1. The molecule has 2 amide bonds. The van der Waals surface area contributed by atoms with Crippen LogP contribution in [0.15, 0.2) is 34.9 Å². The largest absolute Gasteiger partial charge is 0.453 e. The van der Waals surface area contributed by atoms with Crippen LogP contribution in [0, 0.1) is 5.92 Å². The topological polar surface area (TPSA) is 87.3 Å². The highest BCUT2D eigenvalue weighted by atomic mass is 79.9. The van der Waals surface area contributed by atoms with Gasteiger partial charge in [-0.05, 0) is 42.9 Å². The first-order valence-electron chi connectivity index (χ1n) is 9.86. The quantitative estimate of drug-likeness (QED) is 0.693. The molecule has 7 nitrogen and oxygen atoms in total. The highest BCUT2D eigenvalue weighted by molar-refractivity contribution is 9.10. The number of rotatable bonds is 5. The number of nitrogens with one attached hydrogen (secondary N) is 2. The van der Waals surface area contributed by atoms with Crippen LogP contribution in [-0.4, -0.2) is 46.6 Å². The van der Waals surface area contributed by atoms with Gasteiger partial charge in [-0.3, -0.25) is 4.79 Å². The third-order valence-corrected chi connectivity index (χ3v) is 5.77. The van der Waals surface area contributed by atoms with Crippen LogP contribution in [0.3, 0.4) is 0 Å². The molecule has 0 spiro atoms. The van der Waals surface area contributed by atoms with Crippen molar-refractivity contribution in [2.75, 3.05) is 13.7 Å². The SMILES string of the molecule is COC(=O)N[C@H](C(=O)N1CCCC[C@H]1c1ncc(-c2ccc(Br)cc2)[nH]1)C(C)C. The molecule has 1 aliphatic heterocycles. The van der Waals surface area contributed by atoms with Crippen molar-refractivity contribution in [1.29, 1.82) is 0 Å². The number of alkyl carbamates (subject to hydrolysis) is 1. The molecule has 2 heterocycles. The molecule has 0 radical (unpaired) electrons. The molecular weight excluding hydrogens is 436 g/mol. The molecule has 0 bridgehead atoms. The van der Waals surface area contributed by atoms with Crippen LogP contribution < -0.4 is 5.32 Å². The monoisotopic (exact) mass is 462 g/mol. The van der Waals surface area contributed by atoms with Gasteiger partial charge < -0.3 is 19.9 Å². The van der Waals surface area contributed by atoms with E-state index >= 15 is 0 Å². The van der Waals surface area contributed by atoms with E-state index in [2.05, 4.69) is 31.2 Å². The first kappa shape index (κ1) is 21.4. The predicted octanol–water partition coefficient (Wildman–Crippen LogP) is 4.27. The number of benzene rings is 1. The maximum absolute atomic E-state index is 13.3. The molecule has 1 aliphatic rings. The number of hydrogen-bond acceptors (Lipinski definition) is 4. The van der Waals surface area contributed by atoms with E-state index in [-0.39, 0.29) is 17.9 Å². The molecule has 8 heteroatoms. The van der Waals surface area contributed by atoms with Crippen molar-refractivity contribution in [2.45, 2.75) is 45.2 Å². The Bertz CT molecular complexity index is 850. The Kier molecular flexibility index (Phi) is 6.95. The first-order valence-corrected chi connectivity index (χ1v) is 10.7. The summed E-state index contributed by atoms with van der Waals surface area (Å²) >= 11 is 3.45. The van der Waals surface area contributed by atoms with Crippen molar-refractivity contribution < 1.29 is 14.3 Å². The van der Waals surface area contributed by atoms with Gasteiger partial charge in [-0.2, -0.15) is 0 Å². The lowest BCUT2D eigenvalue weighted by atomic mass is 9.97. The number of ether oxygens (including phenoxy) is 1. The van der Waals surface area contributed by atoms with E-state index in [0.29, 0.717) is 6.54 Å². The molecule has 3 rings (SSSR count). The zero-order valence-corrected chi connectivity index (χ0v) is 18.5. The molecule has 2 N–H and O–H groups in total. The summed E-state index contributed by atoms with van der Waals surface area (Å²) in [5.41, 5.74) is 1.95. The lowest BCUT2D eigenvalue weighted by Gasteiger charge is -2.37. The van der Waals surface area contributed by atoms with E-state index in [1.54, 1.807) is 0 Å². The highest BCUT2D eigenvalue weighted by Gasteiger charge is 2.36. The third kappa shape index (κ3) is 4.98. The van der Waals surface area contributed by atoms with Gasteiger partial charge in [0.25, 0.3) is 0 Å². The predicted molar refractivity (Wildman–Crippen MR) is 114 cm³/mol. The molecule has 1 aromatic carbocycles. The normalized spacial score (nSPS) is 17.8. The fourth-order valence-electron chi connectivity index (χ4n) is 3.64. The van der Waals surface area contributed by atoms with E-state index in [0.717, 1.165) is 40.8 Å². The van der Waals surface area contributed by atoms with Crippen LogP contribution in [0.25, 0.3) is 11.3 Å². The van der Waals surface area contributed by atoms with Crippen LogP contribution in [-0.2, 0) is 9.53 Å². The minimum absolute atomic E-state index is 0.0564. The second-order valence-electron chi connectivity index (χ2n) is 7.59. The molecule has 2 atom stereocenters. The minimum Gasteiger partial charge on any atom is -0.453 e. The average Bonchev–Trinajstić information content (AvgIpc) is 3.21. The number of aromatic nitrogens is 2. The van der Waals surface area contributed by atoms with E-state index in [9.17, 15) is 9.59 Å². The van der Waals surface area contributed by atoms with Crippen LogP contribution in [0.5, 0.6) is 0 Å². The molecule has 1 saturated heterocycles. The lowest BCUT2D eigenvalue weighted by Crippen LogP contribution is -2.53. The van der Waals surface area contributed by atoms with Gasteiger partial charge in [0.2, 0.25) is 5.91 Å².